The van der Waals surface area contributed by atoms with Gasteiger partial charge in [0.1, 0.15) is 0 Å². The molecule has 0 aromatic carbocycles. The first-order chi connectivity index (χ1) is 7.42. The highest BCUT2D eigenvalue weighted by atomic mass is 16.5. The molecular weight excluding hydrogens is 186 g/mol. The summed E-state index contributed by atoms with van der Waals surface area (Å²) in [6.07, 6.45) is 8.49. The molecule has 1 saturated carbocycles. The van der Waals surface area contributed by atoms with E-state index in [-0.39, 0.29) is 0 Å². The molecule has 2 nitrogen and oxygen atoms in total. The number of hydrogen-bond acceptors (Lipinski definition) is 2. The van der Waals surface area contributed by atoms with Crippen LogP contribution in [-0.4, -0.2) is 25.8 Å². The van der Waals surface area contributed by atoms with Gasteiger partial charge in [0, 0.05) is 18.6 Å². The number of hydrogen-bond donors (Lipinski definition) is 1. The smallest absolute Gasteiger partial charge is 0.0510 e. The quantitative estimate of drug-likeness (QED) is 0.771. The Morgan fingerprint density at radius 1 is 1.13 bits per heavy atom. The summed E-state index contributed by atoms with van der Waals surface area (Å²) in [5.41, 5.74) is 0. The lowest BCUT2D eigenvalue weighted by molar-refractivity contribution is 0.154. The van der Waals surface area contributed by atoms with E-state index in [4.69, 9.17) is 4.74 Å². The van der Waals surface area contributed by atoms with E-state index < -0.39 is 0 Å². The first kappa shape index (κ1) is 11.4. The van der Waals surface area contributed by atoms with Gasteiger partial charge in [0.05, 0.1) is 6.61 Å². The second-order valence-electron chi connectivity index (χ2n) is 5.11. The zero-order chi connectivity index (χ0) is 10.5. The minimum absolute atomic E-state index is 0.734. The molecule has 2 fully saturated rings. The van der Waals surface area contributed by atoms with Gasteiger partial charge in [-0.1, -0.05) is 26.2 Å². The molecule has 1 N–H and O–H groups in total. The van der Waals surface area contributed by atoms with Crippen LogP contribution in [0.3, 0.4) is 0 Å². The predicted molar refractivity (Wildman–Crippen MR) is 63.0 cm³/mol. The van der Waals surface area contributed by atoms with Crippen molar-refractivity contribution >= 4 is 0 Å². The Balaban J connectivity index is 1.90. The van der Waals surface area contributed by atoms with Crippen LogP contribution in [0.25, 0.3) is 0 Å². The SMILES string of the molecule is CCNC(C1CCCCC1)C1CCOC1. The van der Waals surface area contributed by atoms with Crippen molar-refractivity contribution in [2.24, 2.45) is 11.8 Å². The van der Waals surface area contributed by atoms with Crippen molar-refractivity contribution in [1.82, 2.24) is 5.32 Å². The second kappa shape index (κ2) is 5.86. The summed E-state index contributed by atoms with van der Waals surface area (Å²) in [7, 11) is 0. The van der Waals surface area contributed by atoms with Gasteiger partial charge in [-0.2, -0.15) is 0 Å². The van der Waals surface area contributed by atoms with Crippen LogP contribution in [0.2, 0.25) is 0 Å². The second-order valence-corrected chi connectivity index (χ2v) is 5.11. The minimum atomic E-state index is 0.734. The van der Waals surface area contributed by atoms with Gasteiger partial charge >= 0.3 is 0 Å². The normalized spacial score (nSPS) is 30.6. The lowest BCUT2D eigenvalue weighted by Crippen LogP contribution is -2.43. The number of ether oxygens (including phenoxy) is 1. The van der Waals surface area contributed by atoms with Crippen molar-refractivity contribution in [2.75, 3.05) is 19.8 Å². The van der Waals surface area contributed by atoms with Crippen LogP contribution in [0.15, 0.2) is 0 Å². The Bertz CT molecular complexity index is 171. The van der Waals surface area contributed by atoms with Crippen LogP contribution in [0.1, 0.15) is 45.4 Å². The third-order valence-electron chi connectivity index (χ3n) is 4.07. The summed E-state index contributed by atoms with van der Waals surface area (Å²) >= 11 is 0. The van der Waals surface area contributed by atoms with Crippen molar-refractivity contribution in [2.45, 2.75) is 51.5 Å². The summed E-state index contributed by atoms with van der Waals surface area (Å²) in [6.45, 7) is 5.32. The lowest BCUT2D eigenvalue weighted by atomic mass is 9.78. The zero-order valence-electron chi connectivity index (χ0n) is 10.0. The highest BCUT2D eigenvalue weighted by molar-refractivity contribution is 4.86. The fraction of sp³-hybridized carbons (Fsp3) is 1.00. The Morgan fingerprint density at radius 2 is 1.93 bits per heavy atom. The minimum Gasteiger partial charge on any atom is -0.381 e. The van der Waals surface area contributed by atoms with E-state index in [9.17, 15) is 0 Å². The van der Waals surface area contributed by atoms with Crippen LogP contribution in [-0.2, 0) is 4.74 Å². The molecule has 1 heterocycles. The molecule has 0 radical (unpaired) electrons. The van der Waals surface area contributed by atoms with Gasteiger partial charge in [-0.25, -0.2) is 0 Å². The maximum absolute atomic E-state index is 5.54. The average Bonchev–Trinajstić information content (AvgIpc) is 2.80. The molecule has 88 valence electrons. The van der Waals surface area contributed by atoms with Crippen molar-refractivity contribution in [3.8, 4) is 0 Å². The molecule has 2 heteroatoms. The zero-order valence-corrected chi connectivity index (χ0v) is 10.0. The number of nitrogens with one attached hydrogen (secondary N) is 1. The van der Waals surface area contributed by atoms with Crippen molar-refractivity contribution in [3.63, 3.8) is 0 Å². The van der Waals surface area contributed by atoms with Gasteiger partial charge in [-0.15, -0.1) is 0 Å². The molecule has 0 spiro atoms. The van der Waals surface area contributed by atoms with Crippen LogP contribution in [0.5, 0.6) is 0 Å². The van der Waals surface area contributed by atoms with E-state index >= 15 is 0 Å². The maximum atomic E-state index is 5.54. The molecule has 2 aliphatic rings. The number of rotatable bonds is 4. The Labute approximate surface area is 93.8 Å². The molecule has 1 aliphatic heterocycles. The molecule has 2 unspecified atom stereocenters. The van der Waals surface area contributed by atoms with Crippen molar-refractivity contribution in [1.29, 1.82) is 0 Å². The molecule has 1 saturated heterocycles. The molecule has 2 atom stereocenters. The summed E-state index contributed by atoms with van der Waals surface area (Å²) in [5, 5.41) is 3.71. The molecule has 15 heavy (non-hydrogen) atoms. The van der Waals surface area contributed by atoms with E-state index in [1.807, 2.05) is 0 Å². The van der Waals surface area contributed by atoms with Gasteiger partial charge in [-0.05, 0) is 31.7 Å². The van der Waals surface area contributed by atoms with Crippen LogP contribution >= 0.6 is 0 Å². The van der Waals surface area contributed by atoms with E-state index in [1.165, 1.54) is 38.5 Å². The fourth-order valence-electron chi connectivity index (χ4n) is 3.28. The van der Waals surface area contributed by atoms with E-state index in [1.54, 1.807) is 0 Å². The maximum Gasteiger partial charge on any atom is 0.0510 e. The Hall–Kier alpha value is -0.0800. The highest BCUT2D eigenvalue weighted by Crippen LogP contribution is 2.32. The van der Waals surface area contributed by atoms with Crippen molar-refractivity contribution < 1.29 is 4.74 Å². The van der Waals surface area contributed by atoms with E-state index in [2.05, 4.69) is 12.2 Å². The Morgan fingerprint density at radius 3 is 2.53 bits per heavy atom. The summed E-state index contributed by atoms with van der Waals surface area (Å²) in [4.78, 5) is 0. The standard InChI is InChI=1S/C13H25NO/c1-2-14-13(12-8-9-15-10-12)11-6-4-3-5-7-11/h11-14H,2-10H2,1H3. The molecule has 0 bridgehead atoms. The third kappa shape index (κ3) is 2.94. The summed E-state index contributed by atoms with van der Waals surface area (Å²) in [6, 6.07) is 0.734. The van der Waals surface area contributed by atoms with Crippen molar-refractivity contribution in [3.05, 3.63) is 0 Å². The molecular formula is C13H25NO. The van der Waals surface area contributed by atoms with E-state index in [0.717, 1.165) is 37.6 Å². The van der Waals surface area contributed by atoms with Crippen LogP contribution in [0, 0.1) is 11.8 Å². The molecule has 1 aliphatic carbocycles. The van der Waals surface area contributed by atoms with Crippen LogP contribution < -0.4 is 5.32 Å². The highest BCUT2D eigenvalue weighted by Gasteiger charge is 2.31. The van der Waals surface area contributed by atoms with Gasteiger partial charge in [0.15, 0.2) is 0 Å². The van der Waals surface area contributed by atoms with Gasteiger partial charge < -0.3 is 10.1 Å². The van der Waals surface area contributed by atoms with Crippen LogP contribution in [0.4, 0.5) is 0 Å². The predicted octanol–water partition coefficient (Wildman–Crippen LogP) is 2.58. The van der Waals surface area contributed by atoms with Gasteiger partial charge in [0.25, 0.3) is 0 Å². The molecule has 2 rings (SSSR count). The topological polar surface area (TPSA) is 21.3 Å². The fourth-order valence-corrected chi connectivity index (χ4v) is 3.28. The molecule has 0 aromatic heterocycles. The van der Waals surface area contributed by atoms with Gasteiger partial charge in [0.2, 0.25) is 0 Å². The summed E-state index contributed by atoms with van der Waals surface area (Å²) < 4.78 is 5.54. The Kier molecular flexibility index (Phi) is 4.45. The first-order valence-electron chi connectivity index (χ1n) is 6.73. The van der Waals surface area contributed by atoms with Gasteiger partial charge in [-0.3, -0.25) is 0 Å². The summed E-state index contributed by atoms with van der Waals surface area (Å²) in [5.74, 6) is 1.71. The van der Waals surface area contributed by atoms with E-state index in [0.29, 0.717) is 0 Å². The largest absolute Gasteiger partial charge is 0.381 e. The average molecular weight is 211 g/mol. The monoisotopic (exact) mass is 211 g/mol. The third-order valence-corrected chi connectivity index (χ3v) is 4.07. The molecule has 0 aromatic rings. The molecule has 0 amide bonds. The lowest BCUT2D eigenvalue weighted by Gasteiger charge is -2.34. The first-order valence-corrected chi connectivity index (χ1v) is 6.73.